The van der Waals surface area contributed by atoms with E-state index in [-0.39, 0.29) is 17.8 Å². The molecule has 7 heteroatoms. The quantitative estimate of drug-likeness (QED) is 0.895. The lowest BCUT2D eigenvalue weighted by molar-refractivity contribution is 0.107. The zero-order valence-electron chi connectivity index (χ0n) is 14.6. The molecule has 3 atom stereocenters. The molecule has 1 aromatic carbocycles. The molecule has 5 nitrogen and oxygen atoms in total. The molecule has 0 saturated carbocycles. The molecule has 26 heavy (non-hydrogen) atoms. The lowest BCUT2D eigenvalue weighted by Gasteiger charge is -2.35. The molecule has 2 aliphatic rings. The molecule has 2 N–H and O–H groups in total. The van der Waals surface area contributed by atoms with Gasteiger partial charge in [0.2, 0.25) is 0 Å². The standard InChI is InChI=1S/C19H20FN3O2S/c1-11-16-9-26-18(21)23-19(16,10-25-11)15-6-12(3-4-17(15)20)13-5-14(24-2)8-22-7-13/h3-8,11,16H,9-10H2,1-2H3,(H2,21,23)/t11-,16-,19-/m1/s1. The summed E-state index contributed by atoms with van der Waals surface area (Å²) in [5.74, 6) is 1.20. The van der Waals surface area contributed by atoms with Gasteiger partial charge < -0.3 is 15.2 Å². The third-order valence-corrected chi connectivity index (χ3v) is 6.09. The van der Waals surface area contributed by atoms with Crippen LogP contribution >= 0.6 is 11.8 Å². The first-order valence-electron chi connectivity index (χ1n) is 8.42. The highest BCUT2D eigenvalue weighted by molar-refractivity contribution is 8.13. The van der Waals surface area contributed by atoms with Crippen molar-refractivity contribution < 1.29 is 13.9 Å². The van der Waals surface area contributed by atoms with E-state index in [0.29, 0.717) is 23.1 Å². The van der Waals surface area contributed by atoms with Crippen LogP contribution in [0.25, 0.3) is 11.1 Å². The number of aromatic nitrogens is 1. The average molecular weight is 373 g/mol. The van der Waals surface area contributed by atoms with E-state index < -0.39 is 5.54 Å². The van der Waals surface area contributed by atoms with Crippen molar-refractivity contribution in [2.75, 3.05) is 19.5 Å². The number of nitrogens with two attached hydrogens (primary N) is 1. The van der Waals surface area contributed by atoms with Gasteiger partial charge in [-0.2, -0.15) is 0 Å². The van der Waals surface area contributed by atoms with Gasteiger partial charge in [-0.15, -0.1) is 0 Å². The van der Waals surface area contributed by atoms with Crippen LogP contribution in [-0.4, -0.2) is 35.7 Å². The Morgan fingerprint density at radius 1 is 1.31 bits per heavy atom. The fourth-order valence-electron chi connectivity index (χ4n) is 3.73. The predicted molar refractivity (Wildman–Crippen MR) is 101 cm³/mol. The number of pyridine rings is 1. The normalized spacial score (nSPS) is 27.7. The number of ether oxygens (including phenoxy) is 2. The number of aliphatic imine (C=N–C) groups is 1. The number of nitrogens with zero attached hydrogens (tertiary/aromatic N) is 2. The fourth-order valence-corrected chi connectivity index (χ4v) is 4.85. The Labute approximate surface area is 155 Å². The summed E-state index contributed by atoms with van der Waals surface area (Å²) in [5.41, 5.74) is 7.46. The van der Waals surface area contributed by atoms with E-state index in [1.807, 2.05) is 19.1 Å². The van der Waals surface area contributed by atoms with Crippen LogP contribution in [0.1, 0.15) is 12.5 Å². The van der Waals surface area contributed by atoms with E-state index in [0.717, 1.165) is 16.9 Å². The Kier molecular flexibility index (Phi) is 4.36. The third-order valence-electron chi connectivity index (χ3n) is 5.18. The van der Waals surface area contributed by atoms with Gasteiger partial charge in [0.05, 0.1) is 26.0 Å². The topological polar surface area (TPSA) is 69.7 Å². The van der Waals surface area contributed by atoms with Gasteiger partial charge in [-0.25, -0.2) is 9.38 Å². The number of rotatable bonds is 3. The zero-order valence-corrected chi connectivity index (χ0v) is 15.4. The van der Waals surface area contributed by atoms with Gasteiger partial charge in [0, 0.05) is 29.0 Å². The van der Waals surface area contributed by atoms with Crippen LogP contribution in [0, 0.1) is 11.7 Å². The predicted octanol–water partition coefficient (Wildman–Crippen LogP) is 3.19. The summed E-state index contributed by atoms with van der Waals surface area (Å²) in [6.45, 7) is 2.34. The van der Waals surface area contributed by atoms with E-state index in [4.69, 9.17) is 15.2 Å². The van der Waals surface area contributed by atoms with Crippen molar-refractivity contribution in [1.82, 2.24) is 4.98 Å². The van der Waals surface area contributed by atoms with Crippen LogP contribution in [0.5, 0.6) is 5.75 Å². The molecule has 2 aliphatic heterocycles. The smallest absolute Gasteiger partial charge is 0.154 e. The molecular weight excluding hydrogens is 353 g/mol. The Morgan fingerprint density at radius 2 is 2.15 bits per heavy atom. The first-order valence-corrected chi connectivity index (χ1v) is 9.41. The van der Waals surface area contributed by atoms with E-state index in [1.54, 1.807) is 25.6 Å². The monoisotopic (exact) mass is 373 g/mol. The SMILES string of the molecule is COc1cncc(-c2ccc(F)c([C@]34CO[C@H](C)[C@H]3CSC(N)=N4)c2)c1. The Hall–Kier alpha value is -2.12. The van der Waals surface area contributed by atoms with Crippen molar-refractivity contribution in [1.29, 1.82) is 0 Å². The molecule has 2 aromatic rings. The number of amidine groups is 1. The van der Waals surface area contributed by atoms with E-state index in [1.165, 1.54) is 17.8 Å². The molecule has 1 saturated heterocycles. The first kappa shape index (κ1) is 17.3. The Balaban J connectivity index is 1.85. The van der Waals surface area contributed by atoms with Crippen LogP contribution in [0.3, 0.4) is 0 Å². The molecule has 3 heterocycles. The number of methoxy groups -OCH3 is 1. The van der Waals surface area contributed by atoms with Crippen LogP contribution in [0.2, 0.25) is 0 Å². The van der Waals surface area contributed by atoms with Crippen LogP contribution in [0.4, 0.5) is 4.39 Å². The van der Waals surface area contributed by atoms with Crippen LogP contribution in [0.15, 0.2) is 41.7 Å². The number of hydrogen-bond donors (Lipinski definition) is 1. The van der Waals surface area contributed by atoms with Gasteiger partial charge in [-0.3, -0.25) is 4.98 Å². The van der Waals surface area contributed by atoms with Crippen molar-refractivity contribution in [2.24, 2.45) is 16.6 Å². The maximum Gasteiger partial charge on any atom is 0.154 e. The molecule has 4 rings (SSSR count). The number of thioether (sulfide) groups is 1. The van der Waals surface area contributed by atoms with E-state index >= 15 is 0 Å². The van der Waals surface area contributed by atoms with Gasteiger partial charge in [0.15, 0.2) is 5.17 Å². The number of halogens is 1. The maximum absolute atomic E-state index is 14.9. The molecular formula is C19H20FN3O2S. The van der Waals surface area contributed by atoms with Crippen molar-refractivity contribution in [3.8, 4) is 16.9 Å². The summed E-state index contributed by atoms with van der Waals surface area (Å²) >= 11 is 1.50. The number of hydrogen-bond acceptors (Lipinski definition) is 6. The highest BCUT2D eigenvalue weighted by Crippen LogP contribution is 2.48. The molecule has 0 bridgehead atoms. The molecule has 1 fully saturated rings. The van der Waals surface area contributed by atoms with E-state index in [2.05, 4.69) is 9.98 Å². The molecule has 0 unspecified atom stereocenters. The summed E-state index contributed by atoms with van der Waals surface area (Å²) in [7, 11) is 1.59. The summed E-state index contributed by atoms with van der Waals surface area (Å²) in [5, 5.41) is 0.479. The second-order valence-electron chi connectivity index (χ2n) is 6.62. The summed E-state index contributed by atoms with van der Waals surface area (Å²) < 4.78 is 26.0. The van der Waals surface area contributed by atoms with Gasteiger partial charge in [0.25, 0.3) is 0 Å². The molecule has 0 amide bonds. The second-order valence-corrected chi connectivity index (χ2v) is 7.66. The van der Waals surface area contributed by atoms with Gasteiger partial charge >= 0.3 is 0 Å². The Morgan fingerprint density at radius 3 is 2.96 bits per heavy atom. The highest BCUT2D eigenvalue weighted by atomic mass is 32.2. The summed E-state index contributed by atoms with van der Waals surface area (Å²) in [4.78, 5) is 8.87. The van der Waals surface area contributed by atoms with E-state index in [9.17, 15) is 4.39 Å². The minimum absolute atomic E-state index is 0.000826. The largest absolute Gasteiger partial charge is 0.495 e. The Bertz CT molecular complexity index is 876. The van der Waals surface area contributed by atoms with Gasteiger partial charge in [-0.05, 0) is 30.7 Å². The minimum atomic E-state index is -0.777. The summed E-state index contributed by atoms with van der Waals surface area (Å²) in [6, 6.07) is 6.94. The molecule has 0 spiro atoms. The number of fused-ring (bicyclic) bond motifs is 1. The van der Waals surface area contributed by atoms with Gasteiger partial charge in [0.1, 0.15) is 17.1 Å². The van der Waals surface area contributed by atoms with Gasteiger partial charge in [-0.1, -0.05) is 17.8 Å². The first-order chi connectivity index (χ1) is 12.5. The zero-order chi connectivity index (χ0) is 18.3. The molecule has 0 aliphatic carbocycles. The molecule has 1 aromatic heterocycles. The average Bonchev–Trinajstić information content (AvgIpc) is 2.99. The lowest BCUT2D eigenvalue weighted by atomic mass is 9.78. The van der Waals surface area contributed by atoms with Crippen molar-refractivity contribution in [3.63, 3.8) is 0 Å². The third kappa shape index (κ3) is 2.75. The fraction of sp³-hybridized carbons (Fsp3) is 0.368. The van der Waals surface area contributed by atoms with Crippen LogP contribution in [-0.2, 0) is 10.3 Å². The molecule has 136 valence electrons. The maximum atomic E-state index is 14.9. The van der Waals surface area contributed by atoms with Crippen LogP contribution < -0.4 is 10.5 Å². The molecule has 0 radical (unpaired) electrons. The minimum Gasteiger partial charge on any atom is -0.495 e. The second kappa shape index (κ2) is 6.55. The van der Waals surface area contributed by atoms with Crippen molar-refractivity contribution in [3.05, 3.63) is 48.0 Å². The van der Waals surface area contributed by atoms with Crippen molar-refractivity contribution in [2.45, 2.75) is 18.6 Å². The lowest BCUT2D eigenvalue weighted by Crippen LogP contribution is -2.41. The summed E-state index contributed by atoms with van der Waals surface area (Å²) in [6.07, 6.45) is 3.37. The number of benzene rings is 1. The highest BCUT2D eigenvalue weighted by Gasteiger charge is 2.52. The van der Waals surface area contributed by atoms with Crippen molar-refractivity contribution >= 4 is 16.9 Å².